The summed E-state index contributed by atoms with van der Waals surface area (Å²) >= 11 is 0. The minimum Gasteiger partial charge on any atom is -0.308 e. The van der Waals surface area contributed by atoms with Crippen LogP contribution in [0.5, 0.6) is 0 Å². The average Bonchev–Trinajstić information content (AvgIpc) is 2.63. The molecular weight excluding hydrogens is 200 g/mol. The number of aromatic nitrogens is 2. The van der Waals surface area contributed by atoms with Crippen LogP contribution in [0.4, 0.5) is 0 Å². The third-order valence-corrected chi connectivity index (χ3v) is 3.42. The van der Waals surface area contributed by atoms with Gasteiger partial charge in [0.2, 0.25) is 0 Å². The highest BCUT2D eigenvalue weighted by Gasteiger charge is 2.23. The van der Waals surface area contributed by atoms with Crippen LogP contribution in [-0.4, -0.2) is 40.9 Å². The van der Waals surface area contributed by atoms with Crippen LogP contribution < -0.4 is 5.32 Å². The molecule has 1 N–H and O–H groups in total. The number of aryl methyl sites for hydroxylation is 1. The third kappa shape index (κ3) is 2.83. The Labute approximate surface area is 97.6 Å². The number of nitrogens with zero attached hydrogens (tertiary/aromatic N) is 3. The predicted octanol–water partition coefficient (Wildman–Crippen LogP) is 0.850. The maximum Gasteiger partial charge on any atom is 0.0762 e. The Morgan fingerprint density at radius 2 is 2.31 bits per heavy atom. The highest BCUT2D eigenvalue weighted by atomic mass is 15.3. The van der Waals surface area contributed by atoms with E-state index in [-0.39, 0.29) is 0 Å². The lowest BCUT2D eigenvalue weighted by Crippen LogP contribution is -2.46. The maximum absolute atomic E-state index is 4.38. The summed E-state index contributed by atoms with van der Waals surface area (Å²) in [5, 5.41) is 8.00. The summed E-state index contributed by atoms with van der Waals surface area (Å²) in [7, 11) is 4.16. The largest absolute Gasteiger partial charge is 0.308 e. The van der Waals surface area contributed by atoms with E-state index >= 15 is 0 Å². The summed E-state index contributed by atoms with van der Waals surface area (Å²) in [5.41, 5.74) is 1.13. The molecule has 1 aliphatic heterocycles. The summed E-state index contributed by atoms with van der Waals surface area (Å²) in [4.78, 5) is 2.41. The van der Waals surface area contributed by atoms with E-state index in [0.29, 0.717) is 6.04 Å². The molecule has 0 bridgehead atoms. The first-order valence-electron chi connectivity index (χ1n) is 6.05. The van der Waals surface area contributed by atoms with E-state index < -0.39 is 0 Å². The Balaban J connectivity index is 1.81. The van der Waals surface area contributed by atoms with Gasteiger partial charge >= 0.3 is 0 Å². The summed E-state index contributed by atoms with van der Waals surface area (Å²) in [6, 6.07) is 2.71. The van der Waals surface area contributed by atoms with Crippen molar-refractivity contribution in [1.82, 2.24) is 20.0 Å². The van der Waals surface area contributed by atoms with Crippen LogP contribution in [0.1, 0.15) is 19.0 Å². The highest BCUT2D eigenvalue weighted by molar-refractivity contribution is 4.98. The Kier molecular flexibility index (Phi) is 3.61. The van der Waals surface area contributed by atoms with Crippen molar-refractivity contribution >= 4 is 0 Å². The van der Waals surface area contributed by atoms with Crippen LogP contribution >= 0.6 is 0 Å². The normalized spacial score (nSPS) is 27.2. The minimum atomic E-state index is 0.637. The van der Waals surface area contributed by atoms with Gasteiger partial charge < -0.3 is 10.2 Å². The van der Waals surface area contributed by atoms with Crippen molar-refractivity contribution in [2.24, 2.45) is 13.0 Å². The molecule has 0 saturated carbocycles. The first kappa shape index (κ1) is 11.6. The average molecular weight is 222 g/mol. The van der Waals surface area contributed by atoms with Crippen LogP contribution in [0.2, 0.25) is 0 Å². The molecule has 2 heterocycles. The lowest BCUT2D eigenvalue weighted by Gasteiger charge is -2.35. The van der Waals surface area contributed by atoms with Crippen molar-refractivity contribution in [2.75, 3.05) is 20.1 Å². The molecule has 1 aromatic rings. The van der Waals surface area contributed by atoms with Crippen LogP contribution in [-0.2, 0) is 13.6 Å². The molecule has 0 spiro atoms. The molecule has 0 radical (unpaired) electrons. The van der Waals surface area contributed by atoms with E-state index in [1.54, 1.807) is 0 Å². The molecule has 0 amide bonds. The first-order chi connectivity index (χ1) is 7.65. The number of hydrogen-bond acceptors (Lipinski definition) is 3. The second kappa shape index (κ2) is 4.97. The Hall–Kier alpha value is -0.870. The Morgan fingerprint density at radius 3 is 2.94 bits per heavy atom. The van der Waals surface area contributed by atoms with Gasteiger partial charge in [0, 0.05) is 32.4 Å². The number of nitrogens with one attached hydrogen (secondary N) is 1. The Bertz CT molecular complexity index is 334. The molecule has 1 fully saturated rings. The van der Waals surface area contributed by atoms with Crippen molar-refractivity contribution in [3.63, 3.8) is 0 Å². The molecule has 1 aromatic heterocycles. The quantitative estimate of drug-likeness (QED) is 0.823. The zero-order chi connectivity index (χ0) is 11.5. The number of piperidine rings is 1. The molecule has 0 aliphatic carbocycles. The van der Waals surface area contributed by atoms with Gasteiger partial charge in [-0.3, -0.25) is 4.68 Å². The van der Waals surface area contributed by atoms with Gasteiger partial charge in [-0.15, -0.1) is 0 Å². The van der Waals surface area contributed by atoms with Gasteiger partial charge in [-0.1, -0.05) is 6.92 Å². The Morgan fingerprint density at radius 1 is 1.50 bits per heavy atom. The van der Waals surface area contributed by atoms with Crippen LogP contribution in [0.15, 0.2) is 12.3 Å². The van der Waals surface area contributed by atoms with Crippen LogP contribution in [0, 0.1) is 5.92 Å². The molecule has 2 rings (SSSR count). The molecule has 2 unspecified atom stereocenters. The third-order valence-electron chi connectivity index (χ3n) is 3.42. The summed E-state index contributed by atoms with van der Waals surface area (Å²) in [6.07, 6.45) is 3.24. The van der Waals surface area contributed by atoms with Crippen LogP contribution in [0.3, 0.4) is 0 Å². The highest BCUT2D eigenvalue weighted by Crippen LogP contribution is 2.15. The van der Waals surface area contributed by atoms with Gasteiger partial charge in [0.15, 0.2) is 0 Å². The fourth-order valence-electron chi connectivity index (χ4n) is 2.45. The minimum absolute atomic E-state index is 0.637. The van der Waals surface area contributed by atoms with Crippen molar-refractivity contribution in [3.8, 4) is 0 Å². The van der Waals surface area contributed by atoms with Gasteiger partial charge in [-0.05, 0) is 32.0 Å². The number of rotatable bonds is 3. The van der Waals surface area contributed by atoms with Crippen LogP contribution in [0.25, 0.3) is 0 Å². The molecule has 2 atom stereocenters. The fraction of sp³-hybridized carbons (Fsp3) is 0.750. The van der Waals surface area contributed by atoms with Gasteiger partial charge in [-0.2, -0.15) is 5.10 Å². The van der Waals surface area contributed by atoms with Gasteiger partial charge in [0.05, 0.1) is 5.69 Å². The molecule has 0 aromatic carbocycles. The van der Waals surface area contributed by atoms with E-state index in [4.69, 9.17) is 0 Å². The van der Waals surface area contributed by atoms with Gasteiger partial charge in [0.25, 0.3) is 0 Å². The molecule has 90 valence electrons. The summed E-state index contributed by atoms with van der Waals surface area (Å²) in [6.45, 7) is 5.61. The van der Waals surface area contributed by atoms with E-state index in [1.165, 1.54) is 19.5 Å². The van der Waals surface area contributed by atoms with E-state index in [2.05, 4.69) is 35.4 Å². The maximum atomic E-state index is 4.38. The molecule has 4 heteroatoms. The van der Waals surface area contributed by atoms with Gasteiger partial charge in [0.1, 0.15) is 0 Å². The van der Waals surface area contributed by atoms with E-state index in [0.717, 1.165) is 18.2 Å². The van der Waals surface area contributed by atoms with E-state index in [9.17, 15) is 0 Å². The smallest absolute Gasteiger partial charge is 0.0762 e. The zero-order valence-corrected chi connectivity index (χ0v) is 10.5. The lowest BCUT2D eigenvalue weighted by molar-refractivity contribution is 0.174. The SMILES string of the molecule is CC1CN(C)CCC1NCc1ccn(C)n1. The first-order valence-corrected chi connectivity index (χ1v) is 6.05. The van der Waals surface area contributed by atoms with Gasteiger partial charge in [-0.25, -0.2) is 0 Å². The number of hydrogen-bond donors (Lipinski definition) is 1. The molecular formula is C12H22N4. The molecule has 1 aliphatic rings. The lowest BCUT2D eigenvalue weighted by atomic mass is 9.94. The summed E-state index contributed by atoms with van der Waals surface area (Å²) in [5.74, 6) is 0.725. The van der Waals surface area contributed by atoms with E-state index in [1.807, 2.05) is 17.9 Å². The second-order valence-corrected chi connectivity index (χ2v) is 5.00. The van der Waals surface area contributed by atoms with Crippen molar-refractivity contribution in [1.29, 1.82) is 0 Å². The van der Waals surface area contributed by atoms with Crippen molar-refractivity contribution in [3.05, 3.63) is 18.0 Å². The standard InChI is InChI=1S/C12H22N4/c1-10-9-15(2)6-5-12(10)13-8-11-4-7-16(3)14-11/h4,7,10,12-13H,5-6,8-9H2,1-3H3. The second-order valence-electron chi connectivity index (χ2n) is 5.00. The molecule has 1 saturated heterocycles. The van der Waals surface area contributed by atoms with Crippen molar-refractivity contribution in [2.45, 2.75) is 25.9 Å². The number of likely N-dealkylation sites (tertiary alicyclic amines) is 1. The fourth-order valence-corrected chi connectivity index (χ4v) is 2.45. The molecule has 4 nitrogen and oxygen atoms in total. The van der Waals surface area contributed by atoms with Crippen molar-refractivity contribution < 1.29 is 0 Å². The predicted molar refractivity (Wildman–Crippen MR) is 65.1 cm³/mol. The zero-order valence-electron chi connectivity index (χ0n) is 10.5. The summed E-state index contributed by atoms with van der Waals surface area (Å²) < 4.78 is 1.86. The monoisotopic (exact) mass is 222 g/mol. The topological polar surface area (TPSA) is 33.1 Å². The molecule has 16 heavy (non-hydrogen) atoms.